The van der Waals surface area contributed by atoms with Crippen LogP contribution < -0.4 is 5.32 Å². The molecule has 0 fully saturated rings. The topological polar surface area (TPSA) is 24.9 Å². The van der Waals surface area contributed by atoms with Crippen LogP contribution in [0, 0.1) is 0 Å². The third kappa shape index (κ3) is 3.00. The van der Waals surface area contributed by atoms with Gasteiger partial charge in [-0.05, 0) is 80.4 Å². The number of pyridine rings is 1. The Labute approximate surface area is 129 Å². The number of hydrogen-bond acceptors (Lipinski definition) is 2. The second-order valence-corrected chi connectivity index (χ2v) is 6.54. The van der Waals surface area contributed by atoms with E-state index < -0.39 is 0 Å². The van der Waals surface area contributed by atoms with Crippen molar-refractivity contribution >= 4 is 37.5 Å². The van der Waals surface area contributed by atoms with Crippen molar-refractivity contribution in [2.45, 2.75) is 25.8 Å². The van der Waals surface area contributed by atoms with Crippen LogP contribution in [0.5, 0.6) is 0 Å². The van der Waals surface area contributed by atoms with E-state index in [1.54, 1.807) is 0 Å². The number of nitrogens with zero attached hydrogens (tertiary/aromatic N) is 1. The van der Waals surface area contributed by atoms with Gasteiger partial charge in [-0.2, -0.15) is 0 Å². The van der Waals surface area contributed by atoms with Crippen LogP contribution in [0.15, 0.2) is 39.4 Å². The summed E-state index contributed by atoms with van der Waals surface area (Å²) in [6, 6.07) is 8.70. The lowest BCUT2D eigenvalue weighted by Crippen LogP contribution is -2.03. The molecule has 1 aromatic carbocycles. The zero-order valence-corrected chi connectivity index (χ0v) is 13.6. The quantitative estimate of drug-likeness (QED) is 0.832. The number of anilines is 1. The first-order chi connectivity index (χ1) is 9.22. The fraction of sp³-hybridized carbons (Fsp3) is 0.267. The van der Waals surface area contributed by atoms with Gasteiger partial charge in [0.05, 0.1) is 12.2 Å². The van der Waals surface area contributed by atoms with Gasteiger partial charge in [0.15, 0.2) is 0 Å². The Morgan fingerprint density at radius 1 is 1.11 bits per heavy atom. The van der Waals surface area contributed by atoms with Crippen LogP contribution in [0.25, 0.3) is 0 Å². The Bertz CT molecular complexity index is 611. The number of benzene rings is 1. The number of aromatic nitrogens is 1. The van der Waals surface area contributed by atoms with Crippen LogP contribution >= 0.6 is 31.9 Å². The third-order valence-corrected chi connectivity index (χ3v) is 4.56. The maximum Gasteiger partial charge on any atom is 0.0737 e. The summed E-state index contributed by atoms with van der Waals surface area (Å²) >= 11 is 6.95. The number of aryl methyl sites for hydroxylation is 2. The molecule has 0 atom stereocenters. The highest BCUT2D eigenvalue weighted by atomic mass is 79.9. The lowest BCUT2D eigenvalue weighted by atomic mass is 10.1. The van der Waals surface area contributed by atoms with Gasteiger partial charge in [0, 0.05) is 20.8 Å². The molecule has 0 radical (unpaired) electrons. The summed E-state index contributed by atoms with van der Waals surface area (Å²) in [6.45, 7) is 0.729. The second-order valence-electron chi connectivity index (χ2n) is 4.77. The molecule has 2 nitrogen and oxygen atoms in total. The molecule has 1 aromatic heterocycles. The number of hydrogen-bond donors (Lipinski definition) is 1. The van der Waals surface area contributed by atoms with E-state index in [4.69, 9.17) is 0 Å². The van der Waals surface area contributed by atoms with Crippen LogP contribution in [0.4, 0.5) is 5.69 Å². The van der Waals surface area contributed by atoms with Gasteiger partial charge in [-0.15, -0.1) is 0 Å². The van der Waals surface area contributed by atoms with Crippen molar-refractivity contribution in [1.82, 2.24) is 4.98 Å². The highest BCUT2D eigenvalue weighted by Gasteiger charge is 2.10. The smallest absolute Gasteiger partial charge is 0.0737 e. The van der Waals surface area contributed by atoms with Gasteiger partial charge in [-0.25, -0.2) is 0 Å². The molecule has 0 spiro atoms. The van der Waals surface area contributed by atoms with Crippen molar-refractivity contribution in [2.75, 3.05) is 5.32 Å². The van der Waals surface area contributed by atoms with E-state index >= 15 is 0 Å². The summed E-state index contributed by atoms with van der Waals surface area (Å²) in [5, 5.41) is 3.44. The molecule has 0 aliphatic heterocycles. The predicted molar refractivity (Wildman–Crippen MR) is 85.4 cm³/mol. The fourth-order valence-corrected chi connectivity index (χ4v) is 3.57. The summed E-state index contributed by atoms with van der Waals surface area (Å²) in [5.74, 6) is 0. The molecule has 0 unspecified atom stereocenters. The third-order valence-electron chi connectivity index (χ3n) is 3.44. The van der Waals surface area contributed by atoms with Crippen LogP contribution in [-0.4, -0.2) is 4.98 Å². The molecule has 1 N–H and O–H groups in total. The molecule has 4 heteroatoms. The highest BCUT2D eigenvalue weighted by Crippen LogP contribution is 2.26. The molecule has 2 aromatic rings. The van der Waals surface area contributed by atoms with Gasteiger partial charge in [0.25, 0.3) is 0 Å². The first-order valence-electron chi connectivity index (χ1n) is 6.38. The Morgan fingerprint density at radius 2 is 1.95 bits per heavy atom. The lowest BCUT2D eigenvalue weighted by Gasteiger charge is -2.09. The summed E-state index contributed by atoms with van der Waals surface area (Å²) in [7, 11) is 0. The minimum absolute atomic E-state index is 0.729. The fourth-order valence-electron chi connectivity index (χ4n) is 2.44. The number of fused-ring (bicyclic) bond motifs is 1. The van der Waals surface area contributed by atoms with Crippen molar-refractivity contribution < 1.29 is 0 Å². The number of halogens is 2. The molecule has 0 amide bonds. The van der Waals surface area contributed by atoms with Crippen LogP contribution in [0.3, 0.4) is 0 Å². The zero-order valence-electron chi connectivity index (χ0n) is 10.4. The first kappa shape index (κ1) is 13.1. The van der Waals surface area contributed by atoms with Gasteiger partial charge < -0.3 is 5.32 Å². The van der Waals surface area contributed by atoms with Crippen molar-refractivity contribution in [3.8, 4) is 0 Å². The molecule has 98 valence electrons. The minimum Gasteiger partial charge on any atom is -0.379 e. The summed E-state index contributed by atoms with van der Waals surface area (Å²) in [4.78, 5) is 4.41. The molecule has 19 heavy (non-hydrogen) atoms. The lowest BCUT2D eigenvalue weighted by molar-refractivity contribution is 0.911. The Hall–Kier alpha value is -0.870. The Kier molecular flexibility index (Phi) is 3.89. The predicted octanol–water partition coefficient (Wildman–Crippen LogP) is 4.71. The molecule has 3 rings (SSSR count). The summed E-state index contributed by atoms with van der Waals surface area (Å²) < 4.78 is 2.01. The van der Waals surface area contributed by atoms with Crippen molar-refractivity contribution in [3.63, 3.8) is 0 Å². The number of nitrogens with one attached hydrogen (secondary N) is 1. The van der Waals surface area contributed by atoms with E-state index in [2.05, 4.69) is 60.4 Å². The van der Waals surface area contributed by atoms with Gasteiger partial charge >= 0.3 is 0 Å². The van der Waals surface area contributed by atoms with E-state index in [9.17, 15) is 0 Å². The van der Waals surface area contributed by atoms with Crippen molar-refractivity contribution in [3.05, 3.63) is 56.2 Å². The van der Waals surface area contributed by atoms with Crippen LogP contribution in [0.2, 0.25) is 0 Å². The molecular weight excluding hydrogens is 368 g/mol. The van der Waals surface area contributed by atoms with E-state index in [-0.39, 0.29) is 0 Å². The maximum atomic E-state index is 4.41. The SMILES string of the molecule is Brc1cnc(CNc2ccc3c(c2)CCC3)c(Br)c1. The largest absolute Gasteiger partial charge is 0.379 e. The number of rotatable bonds is 3. The molecule has 0 saturated heterocycles. The van der Waals surface area contributed by atoms with Gasteiger partial charge in [0.2, 0.25) is 0 Å². The molecule has 1 aliphatic rings. The average Bonchev–Trinajstić information content (AvgIpc) is 2.85. The summed E-state index contributed by atoms with van der Waals surface area (Å²) in [5.41, 5.74) is 5.20. The van der Waals surface area contributed by atoms with Gasteiger partial charge in [-0.1, -0.05) is 6.07 Å². The molecule has 0 saturated carbocycles. The second kappa shape index (κ2) is 5.63. The van der Waals surface area contributed by atoms with Crippen LogP contribution in [0.1, 0.15) is 23.2 Å². The minimum atomic E-state index is 0.729. The van der Waals surface area contributed by atoms with Gasteiger partial charge in [-0.3, -0.25) is 4.98 Å². The Morgan fingerprint density at radius 3 is 2.79 bits per heavy atom. The van der Waals surface area contributed by atoms with E-state index in [0.29, 0.717) is 0 Å². The molecular formula is C15H14Br2N2. The normalized spacial score (nSPS) is 13.4. The van der Waals surface area contributed by atoms with Crippen molar-refractivity contribution in [1.29, 1.82) is 0 Å². The first-order valence-corrected chi connectivity index (χ1v) is 7.96. The molecule has 0 bridgehead atoms. The average molecular weight is 382 g/mol. The van der Waals surface area contributed by atoms with Crippen molar-refractivity contribution in [2.24, 2.45) is 0 Å². The van der Waals surface area contributed by atoms with Crippen LogP contribution in [-0.2, 0) is 19.4 Å². The molecule has 1 aliphatic carbocycles. The van der Waals surface area contributed by atoms with E-state index in [1.807, 2.05) is 12.3 Å². The van der Waals surface area contributed by atoms with E-state index in [0.717, 1.165) is 21.2 Å². The molecule has 1 heterocycles. The van der Waals surface area contributed by atoms with E-state index in [1.165, 1.54) is 36.1 Å². The zero-order chi connectivity index (χ0) is 13.2. The highest BCUT2D eigenvalue weighted by molar-refractivity contribution is 9.11. The maximum absolute atomic E-state index is 4.41. The summed E-state index contributed by atoms with van der Waals surface area (Å²) in [6.07, 6.45) is 5.56. The monoisotopic (exact) mass is 380 g/mol. The van der Waals surface area contributed by atoms with Gasteiger partial charge in [0.1, 0.15) is 0 Å². The Balaban J connectivity index is 1.72. The standard InChI is InChI=1S/C15H14Br2N2/c16-12-7-14(17)15(19-8-12)9-18-13-5-4-10-2-1-3-11(10)6-13/h4-8,18H,1-3,9H2.